The number of rotatable bonds is 2. The Morgan fingerprint density at radius 3 is 3.00 bits per heavy atom. The van der Waals surface area contributed by atoms with Crippen molar-refractivity contribution in [2.75, 3.05) is 0 Å². The molecule has 0 spiro atoms. The number of carboxylic acid groups (broad SMARTS) is 1. The van der Waals surface area contributed by atoms with Gasteiger partial charge in [-0.25, -0.2) is 4.79 Å². The number of hydrogen-bond acceptors (Lipinski definition) is 4. The maximum atomic E-state index is 12.1. The van der Waals surface area contributed by atoms with Gasteiger partial charge in [-0.3, -0.25) is 14.4 Å². The van der Waals surface area contributed by atoms with E-state index in [1.54, 1.807) is 6.08 Å². The third-order valence-electron chi connectivity index (χ3n) is 4.18. The monoisotopic (exact) mass is 317 g/mol. The Balaban J connectivity index is 1.57. The van der Waals surface area contributed by atoms with E-state index in [0.717, 1.165) is 18.7 Å². The maximum absolute atomic E-state index is 12.1. The van der Waals surface area contributed by atoms with Gasteiger partial charge in [0.25, 0.3) is 5.91 Å². The molecule has 1 amide bonds. The molecule has 114 valence electrons. The molecular formula is C15H15N3O3S. The van der Waals surface area contributed by atoms with Crippen LogP contribution in [0, 0.1) is 5.41 Å². The van der Waals surface area contributed by atoms with Crippen molar-refractivity contribution in [1.82, 2.24) is 14.7 Å². The Kier molecular flexibility index (Phi) is 2.64. The van der Waals surface area contributed by atoms with Crippen molar-refractivity contribution in [3.05, 3.63) is 34.1 Å². The molecule has 3 aliphatic heterocycles. The van der Waals surface area contributed by atoms with Crippen molar-refractivity contribution in [2.45, 2.75) is 32.2 Å². The smallest absolute Gasteiger partial charge is 0.353 e. The largest absolute Gasteiger partial charge is 0.477 e. The van der Waals surface area contributed by atoms with E-state index >= 15 is 0 Å². The van der Waals surface area contributed by atoms with Gasteiger partial charge in [0.15, 0.2) is 0 Å². The molecular weight excluding hydrogens is 302 g/mol. The summed E-state index contributed by atoms with van der Waals surface area (Å²) in [7, 11) is 0. The van der Waals surface area contributed by atoms with Gasteiger partial charge in [-0.1, -0.05) is 13.8 Å². The van der Waals surface area contributed by atoms with E-state index in [1.165, 1.54) is 27.8 Å². The van der Waals surface area contributed by atoms with Gasteiger partial charge in [0.2, 0.25) is 0 Å². The molecule has 3 aliphatic rings. The lowest BCUT2D eigenvalue weighted by atomic mass is 9.91. The highest BCUT2D eigenvalue weighted by atomic mass is 32.2. The predicted octanol–water partition coefficient (Wildman–Crippen LogP) is 1.69. The number of β-lactam (4-membered cyclic amide) rings is 1. The van der Waals surface area contributed by atoms with Crippen LogP contribution in [0.4, 0.5) is 0 Å². The van der Waals surface area contributed by atoms with Crippen molar-refractivity contribution < 1.29 is 14.7 Å². The molecule has 22 heavy (non-hydrogen) atoms. The van der Waals surface area contributed by atoms with Gasteiger partial charge in [-0.15, -0.1) is 11.8 Å². The molecule has 7 heteroatoms. The lowest BCUT2D eigenvalue weighted by Crippen LogP contribution is -2.51. The molecule has 1 saturated heterocycles. The first-order chi connectivity index (χ1) is 10.4. The first-order valence-electron chi connectivity index (χ1n) is 7.06. The zero-order valence-electron chi connectivity index (χ0n) is 12.2. The first kappa shape index (κ1) is 13.6. The molecule has 1 aromatic rings. The molecule has 1 fully saturated rings. The van der Waals surface area contributed by atoms with Crippen LogP contribution in [-0.4, -0.2) is 37.0 Å². The molecule has 1 atom stereocenters. The third-order valence-corrected chi connectivity index (χ3v) is 5.26. The number of fused-ring (bicyclic) bond motifs is 2. The molecule has 1 aromatic heterocycles. The van der Waals surface area contributed by atoms with Crippen LogP contribution >= 0.6 is 11.8 Å². The fraction of sp³-hybridized carbons (Fsp3) is 0.400. The Morgan fingerprint density at radius 2 is 2.32 bits per heavy atom. The summed E-state index contributed by atoms with van der Waals surface area (Å²) in [5, 5.41) is 14.9. The summed E-state index contributed by atoms with van der Waals surface area (Å²) in [4.78, 5) is 24.5. The quantitative estimate of drug-likeness (QED) is 0.663. The summed E-state index contributed by atoms with van der Waals surface area (Å²) in [5.74, 6) is -1.30. The molecule has 0 aromatic carbocycles. The number of amides is 1. The second kappa shape index (κ2) is 4.25. The van der Waals surface area contributed by atoms with Crippen LogP contribution in [0.2, 0.25) is 0 Å². The van der Waals surface area contributed by atoms with E-state index in [4.69, 9.17) is 5.11 Å². The van der Waals surface area contributed by atoms with Crippen LogP contribution in [0.5, 0.6) is 0 Å². The highest BCUT2D eigenvalue weighted by Gasteiger charge is 2.49. The third kappa shape index (κ3) is 1.85. The summed E-state index contributed by atoms with van der Waals surface area (Å²) in [6.07, 6.45) is 2.76. The summed E-state index contributed by atoms with van der Waals surface area (Å²) in [6.45, 7) is 5.30. The molecule has 6 nitrogen and oxygen atoms in total. The van der Waals surface area contributed by atoms with Gasteiger partial charge in [0.05, 0.1) is 11.3 Å². The molecule has 0 aliphatic carbocycles. The average molecular weight is 317 g/mol. The minimum Gasteiger partial charge on any atom is -0.477 e. The number of carbonyl (C=O) groups excluding carboxylic acids is 1. The van der Waals surface area contributed by atoms with Crippen LogP contribution in [0.1, 0.15) is 25.2 Å². The van der Waals surface area contributed by atoms with Crippen molar-refractivity contribution in [2.24, 2.45) is 5.41 Å². The average Bonchev–Trinajstić information content (AvgIpc) is 3.03. The van der Waals surface area contributed by atoms with Crippen molar-refractivity contribution in [3.63, 3.8) is 0 Å². The highest BCUT2D eigenvalue weighted by Crippen LogP contribution is 2.45. The van der Waals surface area contributed by atoms with Crippen molar-refractivity contribution >= 4 is 29.7 Å². The van der Waals surface area contributed by atoms with E-state index in [2.05, 4.69) is 18.9 Å². The van der Waals surface area contributed by atoms with Gasteiger partial charge < -0.3 is 5.11 Å². The molecule has 0 radical (unpaired) electrons. The molecule has 0 unspecified atom stereocenters. The Hall–Kier alpha value is -2.02. The zero-order valence-corrected chi connectivity index (χ0v) is 13.1. The Morgan fingerprint density at radius 1 is 1.55 bits per heavy atom. The first-order valence-corrected chi connectivity index (χ1v) is 8.01. The molecule has 0 saturated carbocycles. The maximum Gasteiger partial charge on any atom is 0.353 e. The lowest BCUT2D eigenvalue weighted by molar-refractivity contribution is -0.141. The summed E-state index contributed by atoms with van der Waals surface area (Å²) < 4.78 is 2.00. The summed E-state index contributed by atoms with van der Waals surface area (Å²) >= 11 is 1.35. The number of nitrogens with zero attached hydrogens (tertiary/aromatic N) is 3. The molecule has 1 N–H and O–H groups in total. The second-order valence-corrected chi connectivity index (χ2v) is 7.59. The predicted molar refractivity (Wildman–Crippen MR) is 81.6 cm³/mol. The van der Waals surface area contributed by atoms with E-state index < -0.39 is 5.97 Å². The van der Waals surface area contributed by atoms with Crippen LogP contribution in [0.25, 0.3) is 6.08 Å². The highest BCUT2D eigenvalue weighted by molar-refractivity contribution is 8.03. The fourth-order valence-electron chi connectivity index (χ4n) is 3.20. The number of carboxylic acids is 1. The lowest BCUT2D eigenvalue weighted by Gasteiger charge is -2.36. The molecule has 0 bridgehead atoms. The van der Waals surface area contributed by atoms with E-state index in [-0.39, 0.29) is 22.4 Å². The zero-order chi connectivity index (χ0) is 15.6. The van der Waals surface area contributed by atoms with Crippen LogP contribution in [0.15, 0.2) is 22.7 Å². The minimum absolute atomic E-state index is 0.0613. The minimum atomic E-state index is -1.06. The van der Waals surface area contributed by atoms with Gasteiger partial charge in [-0.2, -0.15) is 5.10 Å². The van der Waals surface area contributed by atoms with Gasteiger partial charge in [0.1, 0.15) is 11.1 Å². The normalized spacial score (nSPS) is 26.7. The van der Waals surface area contributed by atoms with Crippen LogP contribution < -0.4 is 0 Å². The molecule has 4 rings (SSSR count). The van der Waals surface area contributed by atoms with Crippen molar-refractivity contribution in [3.8, 4) is 0 Å². The SMILES string of the molecule is CC1(C)Cc2cc(C=C3C(=O)N4C(C(=O)O)=CS[C@H]34)nn2C1. The summed E-state index contributed by atoms with van der Waals surface area (Å²) in [5.41, 5.74) is 2.88. The number of carbonyl (C=O) groups is 2. The number of thioether (sulfide) groups is 1. The van der Waals surface area contributed by atoms with Gasteiger partial charge >= 0.3 is 5.97 Å². The number of hydrogen-bond donors (Lipinski definition) is 1. The fourth-order valence-corrected chi connectivity index (χ4v) is 4.32. The topological polar surface area (TPSA) is 75.4 Å². The van der Waals surface area contributed by atoms with E-state index in [9.17, 15) is 9.59 Å². The van der Waals surface area contributed by atoms with E-state index in [1.807, 2.05) is 10.7 Å². The van der Waals surface area contributed by atoms with Crippen molar-refractivity contribution in [1.29, 1.82) is 0 Å². The van der Waals surface area contributed by atoms with Crippen LogP contribution in [0.3, 0.4) is 0 Å². The van der Waals surface area contributed by atoms with Gasteiger partial charge in [0, 0.05) is 17.6 Å². The summed E-state index contributed by atoms with van der Waals surface area (Å²) in [6, 6.07) is 2.02. The molecule has 4 heterocycles. The second-order valence-electron chi connectivity index (χ2n) is 6.63. The van der Waals surface area contributed by atoms with Crippen LogP contribution in [-0.2, 0) is 22.6 Å². The Labute approximate surface area is 131 Å². The standard InChI is InChI=1S/C15H15N3O3S/c1-15(2)5-9-3-8(16-17(9)7-15)4-10-12(19)18-11(14(20)21)6-22-13(10)18/h3-4,6,13H,5,7H2,1-2H3,(H,20,21)/t13-/m1/s1. The number of aromatic nitrogens is 2. The number of aliphatic carboxylic acids is 1. The Bertz CT molecular complexity index is 749. The van der Waals surface area contributed by atoms with E-state index in [0.29, 0.717) is 5.57 Å². The van der Waals surface area contributed by atoms with Gasteiger partial charge in [-0.05, 0) is 24.0 Å².